The number of aromatic nitrogens is 4. The number of hydrogen-bond acceptors (Lipinski definition) is 7. The molecule has 1 aliphatic rings. The van der Waals surface area contributed by atoms with Gasteiger partial charge >= 0.3 is 6.09 Å². The van der Waals surface area contributed by atoms with Gasteiger partial charge in [-0.05, 0) is 39.6 Å². The molecule has 4 rings (SSSR count). The molecule has 1 aliphatic heterocycles. The van der Waals surface area contributed by atoms with Gasteiger partial charge in [0.25, 0.3) is 5.91 Å². The van der Waals surface area contributed by atoms with E-state index < -0.39 is 0 Å². The molecule has 9 nitrogen and oxygen atoms in total. The van der Waals surface area contributed by atoms with E-state index in [1.165, 1.54) is 22.3 Å². The van der Waals surface area contributed by atoms with Gasteiger partial charge in [0.15, 0.2) is 0 Å². The van der Waals surface area contributed by atoms with Crippen LogP contribution in [0.1, 0.15) is 15.2 Å². The highest BCUT2D eigenvalue weighted by atomic mass is 32.1. The molecule has 0 unspecified atom stereocenters. The highest BCUT2D eigenvalue weighted by molar-refractivity contribution is 7.12. The Morgan fingerprint density at radius 2 is 2.27 bits per heavy atom. The summed E-state index contributed by atoms with van der Waals surface area (Å²) in [6.45, 7) is 1.25. The number of tetrazole rings is 1. The summed E-state index contributed by atoms with van der Waals surface area (Å²) in [5.41, 5.74) is 2.27. The normalized spacial score (nSPS) is 13.7. The lowest BCUT2D eigenvalue weighted by Crippen LogP contribution is -2.25. The standard InChI is InChI=1S/C16H14N6O3S/c23-15(14-13(4-7-26-14)22-10-18-19-20-22)17-9-11-2-1-3-12(8-11)21-5-6-25-16(21)24/h1-4,7-8,10H,5-6,9H2,(H,17,23). The first-order valence-electron chi connectivity index (χ1n) is 7.84. The van der Waals surface area contributed by atoms with E-state index in [1.54, 1.807) is 11.0 Å². The van der Waals surface area contributed by atoms with Gasteiger partial charge in [0, 0.05) is 12.2 Å². The summed E-state index contributed by atoms with van der Waals surface area (Å²) in [5.74, 6) is -0.212. The van der Waals surface area contributed by atoms with E-state index in [2.05, 4.69) is 20.8 Å². The zero-order valence-corrected chi connectivity index (χ0v) is 14.3. The number of rotatable bonds is 5. The van der Waals surface area contributed by atoms with Crippen LogP contribution < -0.4 is 10.2 Å². The van der Waals surface area contributed by atoms with E-state index in [0.717, 1.165) is 11.3 Å². The average molecular weight is 370 g/mol. The summed E-state index contributed by atoms with van der Waals surface area (Å²) in [5, 5.41) is 15.7. The minimum Gasteiger partial charge on any atom is -0.447 e. The number of anilines is 1. The van der Waals surface area contributed by atoms with Crippen LogP contribution in [0.5, 0.6) is 0 Å². The highest BCUT2D eigenvalue weighted by Crippen LogP contribution is 2.21. The lowest BCUT2D eigenvalue weighted by atomic mass is 10.2. The van der Waals surface area contributed by atoms with Crippen molar-refractivity contribution in [1.29, 1.82) is 0 Å². The van der Waals surface area contributed by atoms with Crippen molar-refractivity contribution in [3.05, 3.63) is 52.5 Å². The van der Waals surface area contributed by atoms with Crippen LogP contribution in [0, 0.1) is 0 Å². The van der Waals surface area contributed by atoms with Crippen molar-refractivity contribution in [3.8, 4) is 5.69 Å². The van der Waals surface area contributed by atoms with Gasteiger partial charge < -0.3 is 10.1 Å². The molecule has 2 aromatic heterocycles. The van der Waals surface area contributed by atoms with Crippen molar-refractivity contribution in [2.45, 2.75) is 6.54 Å². The number of benzene rings is 1. The summed E-state index contributed by atoms with van der Waals surface area (Å²) in [6.07, 6.45) is 1.09. The molecule has 0 radical (unpaired) electrons. The maximum absolute atomic E-state index is 12.5. The molecule has 10 heteroatoms. The summed E-state index contributed by atoms with van der Waals surface area (Å²) in [7, 11) is 0. The van der Waals surface area contributed by atoms with Gasteiger partial charge in [0.1, 0.15) is 17.8 Å². The largest absolute Gasteiger partial charge is 0.447 e. The fraction of sp³-hybridized carbons (Fsp3) is 0.188. The number of nitrogens with one attached hydrogen (secondary N) is 1. The lowest BCUT2D eigenvalue weighted by molar-refractivity contribution is 0.0954. The Bertz CT molecular complexity index is 939. The minimum absolute atomic E-state index is 0.212. The third kappa shape index (κ3) is 3.14. The van der Waals surface area contributed by atoms with Crippen molar-refractivity contribution in [2.24, 2.45) is 0 Å². The molecular formula is C16H14N6O3S. The van der Waals surface area contributed by atoms with Crippen LogP contribution in [0.2, 0.25) is 0 Å². The predicted molar refractivity (Wildman–Crippen MR) is 93.3 cm³/mol. The molecule has 0 atom stereocenters. The predicted octanol–water partition coefficient (Wildman–Crippen LogP) is 1.61. The number of carbonyl (C=O) groups excluding carboxylic acids is 2. The van der Waals surface area contributed by atoms with Gasteiger partial charge in [-0.15, -0.1) is 16.4 Å². The molecule has 0 saturated carbocycles. The molecule has 0 spiro atoms. The second kappa shape index (κ2) is 6.92. The Kier molecular flexibility index (Phi) is 4.32. The molecule has 3 aromatic rings. The molecule has 3 heterocycles. The molecule has 1 aromatic carbocycles. The van der Waals surface area contributed by atoms with E-state index >= 15 is 0 Å². The first kappa shape index (κ1) is 16.2. The average Bonchev–Trinajstić information content (AvgIpc) is 3.40. The fourth-order valence-corrected chi connectivity index (χ4v) is 3.44. The lowest BCUT2D eigenvalue weighted by Gasteiger charge is -2.14. The van der Waals surface area contributed by atoms with E-state index in [-0.39, 0.29) is 12.0 Å². The number of cyclic esters (lactones) is 1. The van der Waals surface area contributed by atoms with Crippen LogP contribution in [0.3, 0.4) is 0 Å². The molecule has 2 amide bonds. The Morgan fingerprint density at radius 3 is 3.04 bits per heavy atom. The molecule has 1 fully saturated rings. The van der Waals surface area contributed by atoms with Gasteiger partial charge in [-0.1, -0.05) is 12.1 Å². The summed E-state index contributed by atoms with van der Waals surface area (Å²) < 4.78 is 6.41. The molecule has 26 heavy (non-hydrogen) atoms. The number of hydrogen-bond donors (Lipinski definition) is 1. The van der Waals surface area contributed by atoms with Gasteiger partial charge in [-0.25, -0.2) is 4.79 Å². The monoisotopic (exact) mass is 370 g/mol. The van der Waals surface area contributed by atoms with Crippen molar-refractivity contribution >= 4 is 29.0 Å². The molecule has 1 N–H and O–H groups in total. The molecular weight excluding hydrogens is 356 g/mol. The van der Waals surface area contributed by atoms with Gasteiger partial charge in [-0.3, -0.25) is 9.69 Å². The Labute approximate surface area is 152 Å². The SMILES string of the molecule is O=C(NCc1cccc(N2CCOC2=O)c1)c1sccc1-n1cnnn1. The van der Waals surface area contributed by atoms with Crippen LogP contribution in [0.25, 0.3) is 5.69 Å². The third-order valence-electron chi connectivity index (χ3n) is 3.88. The maximum atomic E-state index is 12.5. The number of ether oxygens (including phenoxy) is 1. The zero-order valence-electron chi connectivity index (χ0n) is 13.5. The second-order valence-corrected chi connectivity index (χ2v) is 6.42. The van der Waals surface area contributed by atoms with E-state index in [0.29, 0.717) is 30.3 Å². The molecule has 132 valence electrons. The number of amides is 2. The van der Waals surface area contributed by atoms with Crippen LogP contribution in [0.4, 0.5) is 10.5 Å². The summed E-state index contributed by atoms with van der Waals surface area (Å²) in [6, 6.07) is 9.23. The Hall–Kier alpha value is -3.27. The van der Waals surface area contributed by atoms with Crippen molar-refractivity contribution in [2.75, 3.05) is 18.1 Å². The quantitative estimate of drug-likeness (QED) is 0.732. The van der Waals surface area contributed by atoms with Gasteiger partial charge in [-0.2, -0.15) is 4.68 Å². The van der Waals surface area contributed by atoms with E-state index in [9.17, 15) is 9.59 Å². The molecule has 1 saturated heterocycles. The number of carbonyl (C=O) groups is 2. The van der Waals surface area contributed by atoms with Crippen LogP contribution in [0.15, 0.2) is 42.0 Å². The van der Waals surface area contributed by atoms with Crippen LogP contribution >= 0.6 is 11.3 Å². The first-order valence-corrected chi connectivity index (χ1v) is 8.72. The number of thiophene rings is 1. The highest BCUT2D eigenvalue weighted by Gasteiger charge is 2.23. The van der Waals surface area contributed by atoms with Crippen LogP contribution in [-0.4, -0.2) is 45.4 Å². The molecule has 0 aliphatic carbocycles. The van der Waals surface area contributed by atoms with Crippen molar-refractivity contribution in [3.63, 3.8) is 0 Å². The summed E-state index contributed by atoms with van der Waals surface area (Å²) >= 11 is 1.32. The van der Waals surface area contributed by atoms with Gasteiger partial charge in [0.05, 0.1) is 12.2 Å². The Morgan fingerprint density at radius 1 is 1.35 bits per heavy atom. The molecule has 0 bridgehead atoms. The van der Waals surface area contributed by atoms with Crippen LogP contribution in [-0.2, 0) is 11.3 Å². The Balaban J connectivity index is 1.46. The minimum atomic E-state index is -0.351. The second-order valence-electron chi connectivity index (χ2n) is 5.51. The fourth-order valence-electron chi connectivity index (χ4n) is 2.65. The number of nitrogens with zero attached hydrogens (tertiary/aromatic N) is 5. The zero-order chi connectivity index (χ0) is 17.9. The van der Waals surface area contributed by atoms with E-state index in [4.69, 9.17) is 4.74 Å². The first-order chi connectivity index (χ1) is 12.7. The van der Waals surface area contributed by atoms with Crippen molar-refractivity contribution < 1.29 is 14.3 Å². The smallest absolute Gasteiger partial charge is 0.414 e. The van der Waals surface area contributed by atoms with Gasteiger partial charge in [0.2, 0.25) is 0 Å². The van der Waals surface area contributed by atoms with E-state index in [1.807, 2.05) is 29.6 Å². The van der Waals surface area contributed by atoms with Crippen molar-refractivity contribution in [1.82, 2.24) is 25.5 Å². The third-order valence-corrected chi connectivity index (χ3v) is 4.79. The summed E-state index contributed by atoms with van der Waals surface area (Å²) in [4.78, 5) is 26.3. The maximum Gasteiger partial charge on any atom is 0.414 e. The topological polar surface area (TPSA) is 102 Å².